The molecule has 2 aromatic rings. The number of nitrogens with one attached hydrogen (secondary N) is 2. The second kappa shape index (κ2) is 8.58. The van der Waals surface area contributed by atoms with Gasteiger partial charge in [0.25, 0.3) is 11.8 Å². The Labute approximate surface area is 158 Å². The van der Waals surface area contributed by atoms with Gasteiger partial charge in [-0.05, 0) is 67.9 Å². The first-order chi connectivity index (χ1) is 12.6. The van der Waals surface area contributed by atoms with Crippen molar-refractivity contribution in [1.82, 2.24) is 10.2 Å². The van der Waals surface area contributed by atoms with E-state index in [1.54, 1.807) is 48.5 Å². The summed E-state index contributed by atoms with van der Waals surface area (Å²) >= 11 is 5.18. The van der Waals surface area contributed by atoms with Crippen molar-refractivity contribution in [3.8, 4) is 0 Å². The zero-order valence-corrected chi connectivity index (χ0v) is 15.2. The molecule has 5 nitrogen and oxygen atoms in total. The third-order valence-corrected chi connectivity index (χ3v) is 4.50. The maximum atomic E-state index is 12.5. The molecule has 0 bridgehead atoms. The summed E-state index contributed by atoms with van der Waals surface area (Å²) in [5.74, 6) is -0.198. The Morgan fingerprint density at radius 1 is 0.846 bits per heavy atom. The standard InChI is InChI=1S/C20H21N3O2S/c24-18(15-7-3-1-4-8-15)22-20(26)21-17-11-9-16(10-12-17)19(25)23-13-5-2-6-14-23/h1,3-4,7-12H,2,5-6,13-14H2,(H2,21,22,24,26). The zero-order chi connectivity index (χ0) is 18.4. The lowest BCUT2D eigenvalue weighted by Gasteiger charge is -2.26. The normalized spacial score (nSPS) is 13.8. The van der Waals surface area contributed by atoms with E-state index in [2.05, 4.69) is 10.6 Å². The van der Waals surface area contributed by atoms with E-state index in [-0.39, 0.29) is 16.9 Å². The Kier molecular flexibility index (Phi) is 5.96. The van der Waals surface area contributed by atoms with Crippen molar-refractivity contribution in [3.05, 3.63) is 65.7 Å². The van der Waals surface area contributed by atoms with Crippen LogP contribution in [-0.4, -0.2) is 34.9 Å². The lowest BCUT2D eigenvalue weighted by Crippen LogP contribution is -2.35. The van der Waals surface area contributed by atoms with Crippen LogP contribution in [0.15, 0.2) is 54.6 Å². The minimum atomic E-state index is -0.264. The van der Waals surface area contributed by atoms with Gasteiger partial charge in [-0.2, -0.15) is 0 Å². The number of hydrogen-bond donors (Lipinski definition) is 2. The van der Waals surface area contributed by atoms with Crippen LogP contribution in [0.1, 0.15) is 40.0 Å². The highest BCUT2D eigenvalue weighted by molar-refractivity contribution is 7.80. The van der Waals surface area contributed by atoms with E-state index in [1.807, 2.05) is 11.0 Å². The first-order valence-corrected chi connectivity index (χ1v) is 9.11. The van der Waals surface area contributed by atoms with Crippen LogP contribution in [0.4, 0.5) is 5.69 Å². The molecule has 2 amide bonds. The lowest BCUT2D eigenvalue weighted by molar-refractivity contribution is 0.0724. The van der Waals surface area contributed by atoms with Crippen LogP contribution < -0.4 is 10.6 Å². The smallest absolute Gasteiger partial charge is 0.257 e. The van der Waals surface area contributed by atoms with Crippen LogP contribution in [0.5, 0.6) is 0 Å². The predicted molar refractivity (Wildman–Crippen MR) is 106 cm³/mol. The van der Waals surface area contributed by atoms with Crippen molar-refractivity contribution in [2.45, 2.75) is 19.3 Å². The van der Waals surface area contributed by atoms with Gasteiger partial charge in [-0.3, -0.25) is 14.9 Å². The summed E-state index contributed by atoms with van der Waals surface area (Å²) in [5.41, 5.74) is 1.93. The van der Waals surface area contributed by atoms with E-state index < -0.39 is 0 Å². The Balaban J connectivity index is 1.56. The molecule has 1 heterocycles. The number of hydrogen-bond acceptors (Lipinski definition) is 3. The number of rotatable bonds is 3. The number of likely N-dealkylation sites (tertiary alicyclic amines) is 1. The summed E-state index contributed by atoms with van der Waals surface area (Å²) in [5, 5.41) is 5.82. The number of nitrogens with zero attached hydrogens (tertiary/aromatic N) is 1. The van der Waals surface area contributed by atoms with E-state index in [4.69, 9.17) is 12.2 Å². The van der Waals surface area contributed by atoms with Gasteiger partial charge in [-0.1, -0.05) is 18.2 Å². The van der Waals surface area contributed by atoms with Crippen LogP contribution >= 0.6 is 12.2 Å². The number of anilines is 1. The van der Waals surface area contributed by atoms with Crippen molar-refractivity contribution in [1.29, 1.82) is 0 Å². The number of carbonyl (C=O) groups is 2. The first kappa shape index (κ1) is 18.1. The van der Waals surface area contributed by atoms with Crippen molar-refractivity contribution in [3.63, 3.8) is 0 Å². The molecule has 1 aliphatic rings. The minimum absolute atomic E-state index is 0.0659. The average molecular weight is 367 g/mol. The maximum Gasteiger partial charge on any atom is 0.257 e. The highest BCUT2D eigenvalue weighted by Gasteiger charge is 2.18. The fraction of sp³-hybridized carbons (Fsp3) is 0.250. The largest absolute Gasteiger partial charge is 0.339 e. The van der Waals surface area contributed by atoms with Gasteiger partial charge in [-0.15, -0.1) is 0 Å². The maximum absolute atomic E-state index is 12.5. The molecule has 2 aromatic carbocycles. The van der Waals surface area contributed by atoms with Crippen molar-refractivity contribution < 1.29 is 9.59 Å². The van der Waals surface area contributed by atoms with Gasteiger partial charge in [0.1, 0.15) is 0 Å². The van der Waals surface area contributed by atoms with Gasteiger partial charge in [0, 0.05) is 29.9 Å². The summed E-state index contributed by atoms with van der Waals surface area (Å²) in [6.07, 6.45) is 3.33. The predicted octanol–water partition coefficient (Wildman–Crippen LogP) is 3.44. The SMILES string of the molecule is O=C(NC(=S)Nc1ccc(C(=O)N2CCCCC2)cc1)c1ccccc1. The fourth-order valence-electron chi connectivity index (χ4n) is 2.90. The highest BCUT2D eigenvalue weighted by atomic mass is 32.1. The quantitative estimate of drug-likeness (QED) is 0.816. The number of benzene rings is 2. The molecule has 0 saturated carbocycles. The van der Waals surface area contributed by atoms with Crippen LogP contribution in [0.2, 0.25) is 0 Å². The summed E-state index contributed by atoms with van der Waals surface area (Å²) < 4.78 is 0. The van der Waals surface area contributed by atoms with Crippen molar-refractivity contribution >= 4 is 34.8 Å². The molecule has 26 heavy (non-hydrogen) atoms. The number of carbonyl (C=O) groups excluding carboxylic acids is 2. The van der Waals surface area contributed by atoms with Crippen molar-refractivity contribution in [2.24, 2.45) is 0 Å². The van der Waals surface area contributed by atoms with Crippen LogP contribution in [0.3, 0.4) is 0 Å². The second-order valence-electron chi connectivity index (χ2n) is 6.20. The Morgan fingerprint density at radius 3 is 2.15 bits per heavy atom. The Bertz CT molecular complexity index is 784. The van der Waals surface area contributed by atoms with Gasteiger partial charge in [0.15, 0.2) is 5.11 Å². The van der Waals surface area contributed by atoms with E-state index in [0.29, 0.717) is 11.1 Å². The molecular formula is C20H21N3O2S. The fourth-order valence-corrected chi connectivity index (χ4v) is 3.11. The summed E-state index contributed by atoms with van der Waals surface area (Å²) in [6, 6.07) is 16.0. The highest BCUT2D eigenvalue weighted by Crippen LogP contribution is 2.15. The molecule has 0 atom stereocenters. The molecule has 0 aliphatic carbocycles. The van der Waals surface area contributed by atoms with Crippen LogP contribution in [0.25, 0.3) is 0 Å². The van der Waals surface area contributed by atoms with E-state index in [0.717, 1.165) is 31.6 Å². The second-order valence-corrected chi connectivity index (χ2v) is 6.61. The zero-order valence-electron chi connectivity index (χ0n) is 14.4. The van der Waals surface area contributed by atoms with E-state index in [1.165, 1.54) is 6.42 Å². The summed E-state index contributed by atoms with van der Waals surface area (Å²) in [7, 11) is 0. The third kappa shape index (κ3) is 4.67. The number of piperidine rings is 1. The van der Waals surface area contributed by atoms with Crippen molar-refractivity contribution in [2.75, 3.05) is 18.4 Å². The topological polar surface area (TPSA) is 61.4 Å². The molecule has 0 radical (unpaired) electrons. The molecule has 2 N–H and O–H groups in total. The van der Waals surface area contributed by atoms with E-state index >= 15 is 0 Å². The van der Waals surface area contributed by atoms with Gasteiger partial charge in [-0.25, -0.2) is 0 Å². The lowest BCUT2D eigenvalue weighted by atomic mass is 10.1. The molecule has 6 heteroatoms. The molecule has 3 rings (SSSR count). The number of amides is 2. The molecule has 1 fully saturated rings. The van der Waals surface area contributed by atoms with Gasteiger partial charge in [0.05, 0.1) is 0 Å². The molecule has 0 spiro atoms. The van der Waals surface area contributed by atoms with E-state index in [9.17, 15) is 9.59 Å². The third-order valence-electron chi connectivity index (χ3n) is 4.30. The van der Waals surface area contributed by atoms with Gasteiger partial charge < -0.3 is 10.2 Å². The van der Waals surface area contributed by atoms with Gasteiger partial charge >= 0.3 is 0 Å². The molecule has 1 aliphatic heterocycles. The monoisotopic (exact) mass is 367 g/mol. The molecule has 0 unspecified atom stereocenters. The molecule has 1 saturated heterocycles. The number of thiocarbonyl (C=S) groups is 1. The summed E-state index contributed by atoms with van der Waals surface area (Å²) in [4.78, 5) is 26.4. The van der Waals surface area contributed by atoms with Crippen LogP contribution in [-0.2, 0) is 0 Å². The molecule has 134 valence electrons. The Hall–Kier alpha value is -2.73. The minimum Gasteiger partial charge on any atom is -0.339 e. The summed E-state index contributed by atoms with van der Waals surface area (Å²) in [6.45, 7) is 1.66. The molecule has 0 aromatic heterocycles. The van der Waals surface area contributed by atoms with Crippen LogP contribution in [0, 0.1) is 0 Å². The average Bonchev–Trinajstić information content (AvgIpc) is 2.69. The molecular weight excluding hydrogens is 346 g/mol. The first-order valence-electron chi connectivity index (χ1n) is 8.70. The Morgan fingerprint density at radius 2 is 1.50 bits per heavy atom. The van der Waals surface area contributed by atoms with Gasteiger partial charge in [0.2, 0.25) is 0 Å².